The quantitative estimate of drug-likeness (QED) is 0.406. The Morgan fingerprint density at radius 1 is 0.429 bits per heavy atom. The molecule has 0 bridgehead atoms. The Labute approximate surface area is 168 Å². The van der Waals surface area contributed by atoms with Crippen LogP contribution in [0.1, 0.15) is 0 Å². The van der Waals surface area contributed by atoms with Gasteiger partial charge in [-0.2, -0.15) is 0 Å². The molecular weight excluding hydrogens is 384 g/mol. The van der Waals surface area contributed by atoms with Crippen molar-refractivity contribution in [2.24, 2.45) is 0 Å². The van der Waals surface area contributed by atoms with E-state index in [4.69, 9.17) is 0 Å². The van der Waals surface area contributed by atoms with Gasteiger partial charge >= 0.3 is 0 Å². The van der Waals surface area contributed by atoms with Crippen LogP contribution in [0.4, 0.5) is 0 Å². The minimum Gasteiger partial charge on any atom is -0.219 e. The van der Waals surface area contributed by atoms with Crippen molar-refractivity contribution in [1.29, 1.82) is 0 Å². The van der Waals surface area contributed by atoms with E-state index in [-0.39, 0.29) is 10.9 Å². The molecule has 0 aliphatic rings. The summed E-state index contributed by atoms with van der Waals surface area (Å²) in [4.78, 5) is 4.11. The lowest BCUT2D eigenvalue weighted by atomic mass is 10.3. The molecule has 28 heavy (non-hydrogen) atoms. The molecule has 0 aliphatic heterocycles. The number of benzene rings is 4. The molecule has 4 aromatic carbocycles. The van der Waals surface area contributed by atoms with Gasteiger partial charge in [-0.3, -0.25) is 0 Å². The second kappa shape index (κ2) is 8.05. The van der Waals surface area contributed by atoms with Crippen molar-refractivity contribution >= 4 is 20.7 Å². The van der Waals surface area contributed by atoms with E-state index in [1.807, 2.05) is 54.6 Å². The van der Waals surface area contributed by atoms with Crippen molar-refractivity contribution in [3.8, 4) is 0 Å². The van der Waals surface area contributed by atoms with Crippen LogP contribution in [0.2, 0.25) is 0 Å². The number of sulfone groups is 1. The first kappa shape index (κ1) is 18.5. The van der Waals surface area contributed by atoms with Gasteiger partial charge in [0.05, 0.1) is 20.7 Å². The predicted molar refractivity (Wildman–Crippen MR) is 113 cm³/mol. The molecule has 0 fully saturated rings. The molecule has 0 aromatic heterocycles. The van der Waals surface area contributed by atoms with Crippen molar-refractivity contribution in [1.82, 2.24) is 0 Å². The Bertz CT molecular complexity index is 1100. The summed E-state index contributed by atoms with van der Waals surface area (Å²) in [5.41, 5.74) is 0. The lowest BCUT2D eigenvalue weighted by molar-refractivity contribution is 0.596. The van der Waals surface area contributed by atoms with Crippen molar-refractivity contribution < 1.29 is 8.42 Å². The summed E-state index contributed by atoms with van der Waals surface area (Å²) in [6.07, 6.45) is 0. The van der Waals surface area contributed by atoms with E-state index in [1.165, 1.54) is 9.79 Å². The van der Waals surface area contributed by atoms with Crippen LogP contribution in [0.25, 0.3) is 0 Å². The minimum absolute atomic E-state index is 0.289. The van der Waals surface area contributed by atoms with Crippen LogP contribution >= 0.6 is 0 Å². The molecule has 0 saturated carbocycles. The summed E-state index contributed by atoms with van der Waals surface area (Å²) >= 11 is 0. The molecule has 4 rings (SSSR count). The van der Waals surface area contributed by atoms with Crippen LogP contribution in [0.15, 0.2) is 140 Å². The zero-order valence-electron chi connectivity index (χ0n) is 15.1. The normalized spacial score (nSPS) is 11.5. The van der Waals surface area contributed by atoms with Gasteiger partial charge < -0.3 is 0 Å². The Kier molecular flexibility index (Phi) is 5.33. The maximum absolute atomic E-state index is 12.9. The van der Waals surface area contributed by atoms with Gasteiger partial charge in [0, 0.05) is 0 Å². The smallest absolute Gasteiger partial charge is 0.206 e. The molecule has 0 unspecified atom stereocenters. The van der Waals surface area contributed by atoms with Crippen molar-refractivity contribution in [2.75, 3.05) is 0 Å². The van der Waals surface area contributed by atoms with Crippen LogP contribution in [0, 0.1) is 0 Å². The fourth-order valence-corrected chi connectivity index (χ4v) is 6.38. The van der Waals surface area contributed by atoms with E-state index in [1.54, 1.807) is 36.4 Å². The Morgan fingerprint density at radius 3 is 1.25 bits per heavy atom. The molecule has 4 aromatic rings. The first-order valence-corrected chi connectivity index (χ1v) is 11.6. The SMILES string of the molecule is O=S(=O)(c1ccccc1)c1ccc([S+](c2ccccc2)c2ccccc2)cc1. The molecule has 4 heteroatoms. The molecule has 0 radical (unpaired) electrons. The third-order valence-corrected chi connectivity index (χ3v) is 8.40. The summed E-state index contributed by atoms with van der Waals surface area (Å²) in [6.45, 7) is 0. The molecule has 0 spiro atoms. The first-order valence-electron chi connectivity index (χ1n) is 8.91. The second-order valence-electron chi connectivity index (χ2n) is 6.22. The van der Waals surface area contributed by atoms with E-state index in [9.17, 15) is 8.42 Å². The van der Waals surface area contributed by atoms with Gasteiger partial charge in [0.25, 0.3) is 0 Å². The molecule has 138 valence electrons. The molecule has 0 N–H and O–H groups in total. The summed E-state index contributed by atoms with van der Waals surface area (Å²) in [5, 5.41) is 0. The van der Waals surface area contributed by atoms with E-state index in [2.05, 4.69) is 24.3 Å². The molecule has 2 nitrogen and oxygen atoms in total. The largest absolute Gasteiger partial charge is 0.219 e. The average molecular weight is 404 g/mol. The van der Waals surface area contributed by atoms with E-state index >= 15 is 0 Å². The highest BCUT2D eigenvalue weighted by Crippen LogP contribution is 2.32. The van der Waals surface area contributed by atoms with Gasteiger partial charge in [0.15, 0.2) is 14.7 Å². The van der Waals surface area contributed by atoms with Crippen LogP contribution in [0.5, 0.6) is 0 Å². The monoisotopic (exact) mass is 403 g/mol. The van der Waals surface area contributed by atoms with Gasteiger partial charge in [0.2, 0.25) is 9.84 Å². The zero-order valence-corrected chi connectivity index (χ0v) is 16.7. The highest BCUT2D eigenvalue weighted by molar-refractivity contribution is 7.97. The van der Waals surface area contributed by atoms with E-state index in [0.29, 0.717) is 9.79 Å². The molecule has 0 aliphatic carbocycles. The minimum atomic E-state index is -3.51. The van der Waals surface area contributed by atoms with Crippen LogP contribution in [-0.2, 0) is 20.7 Å². The fraction of sp³-hybridized carbons (Fsp3) is 0. The lowest BCUT2D eigenvalue weighted by Crippen LogP contribution is -2.06. The van der Waals surface area contributed by atoms with Gasteiger partial charge in [-0.05, 0) is 60.7 Å². The standard InChI is InChI=1S/C24H19O2S2/c25-28(26,23-14-8-3-9-15-23)24-18-16-22(17-19-24)27(20-10-4-1-5-11-20)21-12-6-2-7-13-21/h1-19H/q+1. The topological polar surface area (TPSA) is 34.1 Å². The maximum Gasteiger partial charge on any atom is 0.206 e. The Balaban J connectivity index is 1.75. The van der Waals surface area contributed by atoms with E-state index < -0.39 is 9.84 Å². The number of hydrogen-bond donors (Lipinski definition) is 0. The predicted octanol–water partition coefficient (Wildman–Crippen LogP) is 5.61. The third-order valence-electron chi connectivity index (χ3n) is 4.38. The van der Waals surface area contributed by atoms with Crippen molar-refractivity contribution in [2.45, 2.75) is 24.5 Å². The first-order chi connectivity index (χ1) is 13.7. The molecule has 0 saturated heterocycles. The zero-order chi connectivity index (χ0) is 19.4. The molecule has 0 heterocycles. The Morgan fingerprint density at radius 2 is 0.786 bits per heavy atom. The summed E-state index contributed by atoms with van der Waals surface area (Å²) < 4.78 is 25.7. The number of hydrogen-bond acceptors (Lipinski definition) is 2. The summed E-state index contributed by atoms with van der Waals surface area (Å²) in [7, 11) is -3.80. The molecule has 0 amide bonds. The van der Waals surface area contributed by atoms with E-state index in [0.717, 1.165) is 4.90 Å². The average Bonchev–Trinajstić information content (AvgIpc) is 2.76. The summed E-state index contributed by atoms with van der Waals surface area (Å²) in [6, 6.07) is 36.4. The van der Waals surface area contributed by atoms with Gasteiger partial charge in [-0.25, -0.2) is 8.42 Å². The fourth-order valence-electron chi connectivity index (χ4n) is 3.01. The molecule has 0 atom stereocenters. The highest BCUT2D eigenvalue weighted by atomic mass is 32.2. The van der Waals surface area contributed by atoms with Crippen LogP contribution < -0.4 is 0 Å². The van der Waals surface area contributed by atoms with Gasteiger partial charge in [-0.15, -0.1) is 0 Å². The van der Waals surface area contributed by atoms with Crippen molar-refractivity contribution in [3.63, 3.8) is 0 Å². The van der Waals surface area contributed by atoms with Crippen LogP contribution in [0.3, 0.4) is 0 Å². The highest BCUT2D eigenvalue weighted by Gasteiger charge is 2.29. The second-order valence-corrected chi connectivity index (χ2v) is 10.2. The maximum atomic E-state index is 12.9. The number of rotatable bonds is 5. The van der Waals surface area contributed by atoms with Crippen LogP contribution in [-0.4, -0.2) is 8.42 Å². The molecular formula is C24H19O2S2+. The lowest BCUT2D eigenvalue weighted by Gasteiger charge is -2.09. The Hall–Kier alpha value is -2.82. The summed E-state index contributed by atoms with van der Waals surface area (Å²) in [5.74, 6) is 0. The third kappa shape index (κ3) is 3.75. The van der Waals surface area contributed by atoms with Crippen molar-refractivity contribution in [3.05, 3.63) is 115 Å². The van der Waals surface area contributed by atoms with Gasteiger partial charge in [-0.1, -0.05) is 54.6 Å². The van der Waals surface area contributed by atoms with Gasteiger partial charge in [0.1, 0.15) is 0 Å².